The number of hydrogen-bond donors (Lipinski definition) is 0. The molecule has 0 spiro atoms. The molecule has 2 amide bonds. The summed E-state index contributed by atoms with van der Waals surface area (Å²) in [5, 5.41) is 15.8. The maximum absolute atomic E-state index is 12.9. The van der Waals surface area contributed by atoms with Crippen molar-refractivity contribution in [2.45, 2.75) is 19.0 Å². The molecule has 26 heavy (non-hydrogen) atoms. The molecule has 132 valence electrons. The molecule has 8 nitrogen and oxygen atoms in total. The standard InChI is InChI=1S/C18H18N6O2/c1-11-7-8-15(20-19-11)24-9-12(10-24)23(2)18(26)16-13-5-3-4-6-14(13)17(25)22-21-16/h3-8,12,16H,9-10H2,1-2H3. The van der Waals surface area contributed by atoms with Crippen molar-refractivity contribution < 1.29 is 9.59 Å². The van der Waals surface area contributed by atoms with E-state index in [0.717, 1.165) is 11.5 Å². The first-order chi connectivity index (χ1) is 12.5. The van der Waals surface area contributed by atoms with Gasteiger partial charge in [0.2, 0.25) is 0 Å². The van der Waals surface area contributed by atoms with Crippen LogP contribution >= 0.6 is 0 Å². The van der Waals surface area contributed by atoms with Crippen LogP contribution in [0, 0.1) is 6.92 Å². The third-order valence-corrected chi connectivity index (χ3v) is 4.85. The van der Waals surface area contributed by atoms with Crippen molar-refractivity contribution in [3.63, 3.8) is 0 Å². The molecule has 0 aliphatic carbocycles. The Hall–Kier alpha value is -3.16. The number of benzene rings is 1. The number of hydrogen-bond acceptors (Lipinski definition) is 6. The van der Waals surface area contributed by atoms with E-state index in [-0.39, 0.29) is 11.9 Å². The fourth-order valence-electron chi connectivity index (χ4n) is 3.16. The Morgan fingerprint density at radius 1 is 1.15 bits per heavy atom. The number of carbonyl (C=O) groups excluding carboxylic acids is 2. The van der Waals surface area contributed by atoms with E-state index in [1.807, 2.05) is 19.1 Å². The number of aromatic nitrogens is 2. The van der Waals surface area contributed by atoms with Crippen molar-refractivity contribution in [1.29, 1.82) is 0 Å². The molecule has 1 saturated heterocycles. The van der Waals surface area contributed by atoms with Crippen LogP contribution in [0.1, 0.15) is 27.7 Å². The second kappa shape index (κ2) is 6.29. The highest BCUT2D eigenvalue weighted by Gasteiger charge is 2.38. The van der Waals surface area contributed by atoms with Gasteiger partial charge in [0, 0.05) is 31.3 Å². The molecule has 1 aromatic heterocycles. The van der Waals surface area contributed by atoms with E-state index >= 15 is 0 Å². The normalized spacial score (nSPS) is 19.1. The largest absolute Gasteiger partial charge is 0.351 e. The van der Waals surface area contributed by atoms with Crippen LogP contribution in [-0.2, 0) is 4.79 Å². The highest BCUT2D eigenvalue weighted by Crippen LogP contribution is 2.30. The topological polar surface area (TPSA) is 91.1 Å². The molecule has 2 aliphatic rings. The Balaban J connectivity index is 1.45. The summed E-state index contributed by atoms with van der Waals surface area (Å²) < 4.78 is 0. The van der Waals surface area contributed by atoms with E-state index in [2.05, 4.69) is 25.3 Å². The van der Waals surface area contributed by atoms with Crippen LogP contribution in [0.3, 0.4) is 0 Å². The van der Waals surface area contributed by atoms with Crippen LogP contribution in [0.2, 0.25) is 0 Å². The first-order valence-electron chi connectivity index (χ1n) is 8.40. The Bertz CT molecular complexity index is 889. The lowest BCUT2D eigenvalue weighted by atomic mass is 9.97. The third-order valence-electron chi connectivity index (χ3n) is 4.85. The van der Waals surface area contributed by atoms with E-state index in [1.54, 1.807) is 36.2 Å². The number of aryl methyl sites for hydroxylation is 1. The summed E-state index contributed by atoms with van der Waals surface area (Å²) >= 11 is 0. The van der Waals surface area contributed by atoms with E-state index in [9.17, 15) is 9.59 Å². The lowest BCUT2D eigenvalue weighted by Gasteiger charge is -2.44. The number of azo groups is 1. The number of fused-ring (bicyclic) bond motifs is 1. The van der Waals surface area contributed by atoms with Crippen molar-refractivity contribution in [2.24, 2.45) is 10.2 Å². The van der Waals surface area contributed by atoms with Crippen LogP contribution in [-0.4, -0.2) is 53.1 Å². The molecule has 1 unspecified atom stereocenters. The average molecular weight is 350 g/mol. The Labute approximate surface area is 150 Å². The smallest absolute Gasteiger partial charge is 0.295 e. The summed E-state index contributed by atoms with van der Waals surface area (Å²) in [4.78, 5) is 28.5. The summed E-state index contributed by atoms with van der Waals surface area (Å²) in [5.41, 5.74) is 1.93. The maximum atomic E-state index is 12.9. The molecule has 8 heteroatoms. The highest BCUT2D eigenvalue weighted by atomic mass is 16.2. The number of amides is 2. The minimum absolute atomic E-state index is 0.0607. The first-order valence-corrected chi connectivity index (χ1v) is 8.40. The van der Waals surface area contributed by atoms with E-state index in [4.69, 9.17) is 0 Å². The predicted molar refractivity (Wildman–Crippen MR) is 93.9 cm³/mol. The predicted octanol–water partition coefficient (Wildman–Crippen LogP) is 1.78. The number of anilines is 1. The van der Waals surface area contributed by atoms with E-state index in [1.165, 1.54) is 0 Å². The van der Waals surface area contributed by atoms with Gasteiger partial charge in [-0.25, -0.2) is 0 Å². The Morgan fingerprint density at radius 2 is 1.92 bits per heavy atom. The summed E-state index contributed by atoms with van der Waals surface area (Å²) in [6.45, 7) is 3.26. The average Bonchev–Trinajstić information content (AvgIpc) is 2.62. The maximum Gasteiger partial charge on any atom is 0.295 e. The molecule has 4 rings (SSSR count). The van der Waals surface area contributed by atoms with Gasteiger partial charge in [-0.15, -0.1) is 10.2 Å². The molecule has 0 bridgehead atoms. The van der Waals surface area contributed by atoms with Crippen LogP contribution in [0.5, 0.6) is 0 Å². The van der Waals surface area contributed by atoms with Gasteiger partial charge in [0.15, 0.2) is 11.9 Å². The number of nitrogens with zero attached hydrogens (tertiary/aromatic N) is 6. The van der Waals surface area contributed by atoms with Gasteiger partial charge in [0.05, 0.1) is 11.7 Å². The van der Waals surface area contributed by atoms with Crippen molar-refractivity contribution in [1.82, 2.24) is 15.1 Å². The zero-order valence-corrected chi connectivity index (χ0v) is 14.5. The molecule has 1 atom stereocenters. The Kier molecular flexibility index (Phi) is 3.95. The van der Waals surface area contributed by atoms with E-state index in [0.29, 0.717) is 24.2 Å². The minimum Gasteiger partial charge on any atom is -0.351 e. The van der Waals surface area contributed by atoms with Crippen LogP contribution in [0.15, 0.2) is 46.6 Å². The van der Waals surface area contributed by atoms with Crippen molar-refractivity contribution in [3.8, 4) is 0 Å². The zero-order valence-electron chi connectivity index (χ0n) is 14.5. The van der Waals surface area contributed by atoms with Crippen molar-refractivity contribution >= 4 is 17.6 Å². The van der Waals surface area contributed by atoms with Gasteiger partial charge in [0.1, 0.15) is 0 Å². The van der Waals surface area contributed by atoms with Gasteiger partial charge in [0.25, 0.3) is 11.8 Å². The summed E-state index contributed by atoms with van der Waals surface area (Å²) in [6, 6.07) is 10.1. The van der Waals surface area contributed by atoms with Crippen molar-refractivity contribution in [3.05, 3.63) is 53.2 Å². The number of rotatable bonds is 3. The SMILES string of the molecule is Cc1ccc(N2CC(N(C)C(=O)C3N=NC(=O)c4ccccc43)C2)nn1. The molecule has 1 aromatic carbocycles. The number of carbonyl (C=O) groups is 2. The number of likely N-dealkylation sites (N-methyl/N-ethyl adjacent to an activating group) is 1. The third kappa shape index (κ3) is 2.73. The molecule has 2 aromatic rings. The van der Waals surface area contributed by atoms with Gasteiger partial charge in [-0.3, -0.25) is 9.59 Å². The first kappa shape index (κ1) is 16.3. The molecular formula is C18H18N6O2. The van der Waals surface area contributed by atoms with Crippen LogP contribution < -0.4 is 4.90 Å². The highest BCUT2D eigenvalue weighted by molar-refractivity contribution is 5.99. The van der Waals surface area contributed by atoms with Crippen molar-refractivity contribution in [2.75, 3.05) is 25.0 Å². The molecule has 1 fully saturated rings. The van der Waals surface area contributed by atoms with Gasteiger partial charge in [-0.2, -0.15) is 10.2 Å². The molecule has 2 aliphatic heterocycles. The quantitative estimate of drug-likeness (QED) is 0.841. The van der Waals surface area contributed by atoms with E-state index < -0.39 is 11.9 Å². The molecule has 3 heterocycles. The van der Waals surface area contributed by atoms with Crippen LogP contribution in [0.25, 0.3) is 0 Å². The molecule has 0 radical (unpaired) electrons. The zero-order chi connectivity index (χ0) is 18.3. The van der Waals surface area contributed by atoms with Gasteiger partial charge in [-0.05, 0) is 25.1 Å². The van der Waals surface area contributed by atoms with Gasteiger partial charge >= 0.3 is 0 Å². The minimum atomic E-state index is -0.762. The lowest BCUT2D eigenvalue weighted by molar-refractivity contribution is -0.134. The van der Waals surface area contributed by atoms with Gasteiger partial charge in [-0.1, -0.05) is 18.2 Å². The Morgan fingerprint density at radius 3 is 2.65 bits per heavy atom. The molecule has 0 saturated carbocycles. The fraction of sp³-hybridized carbons (Fsp3) is 0.333. The fourth-order valence-corrected chi connectivity index (χ4v) is 3.16. The molecule has 0 N–H and O–H groups in total. The molecular weight excluding hydrogens is 332 g/mol. The summed E-state index contributed by atoms with van der Waals surface area (Å²) in [5.74, 6) is 0.245. The monoisotopic (exact) mass is 350 g/mol. The lowest BCUT2D eigenvalue weighted by Crippen LogP contribution is -2.60. The second-order valence-electron chi connectivity index (χ2n) is 6.55. The second-order valence-corrected chi connectivity index (χ2v) is 6.55. The van der Waals surface area contributed by atoms with Crippen LogP contribution in [0.4, 0.5) is 5.82 Å². The summed E-state index contributed by atoms with van der Waals surface area (Å²) in [7, 11) is 1.76. The van der Waals surface area contributed by atoms with Gasteiger partial charge < -0.3 is 9.80 Å². The summed E-state index contributed by atoms with van der Waals surface area (Å²) in [6.07, 6.45) is 0.